The van der Waals surface area contributed by atoms with Gasteiger partial charge in [-0.25, -0.2) is 0 Å². The number of carbonyl (C=O) groups excluding carboxylic acids is 1. The molecule has 0 atom stereocenters. The Morgan fingerprint density at radius 1 is 1.41 bits per heavy atom. The smallest absolute Gasteiger partial charge is 0.233 e. The van der Waals surface area contributed by atoms with Crippen LogP contribution in [0.1, 0.15) is 32.6 Å². The maximum Gasteiger partial charge on any atom is 0.233 e. The van der Waals surface area contributed by atoms with Crippen molar-refractivity contribution in [3.63, 3.8) is 0 Å². The van der Waals surface area contributed by atoms with Gasteiger partial charge in [0.15, 0.2) is 0 Å². The summed E-state index contributed by atoms with van der Waals surface area (Å²) in [6.07, 6.45) is 4.88. The summed E-state index contributed by atoms with van der Waals surface area (Å²) in [6, 6.07) is 0. The number of likely N-dealkylation sites (tertiary alicyclic amines) is 1. The number of hydrogen-bond acceptors (Lipinski definition) is 2. The van der Waals surface area contributed by atoms with Gasteiger partial charge < -0.3 is 9.80 Å². The lowest BCUT2D eigenvalue weighted by atomic mass is 9.96. The Morgan fingerprint density at radius 3 is 2.59 bits per heavy atom. The number of piperidine rings is 1. The van der Waals surface area contributed by atoms with Crippen LogP contribution in [0.5, 0.6) is 0 Å². The monoisotopic (exact) mass is 304 g/mol. The summed E-state index contributed by atoms with van der Waals surface area (Å²) >= 11 is 3.23. The van der Waals surface area contributed by atoms with Gasteiger partial charge in [-0.2, -0.15) is 0 Å². The number of amides is 1. The lowest BCUT2D eigenvalue weighted by Gasteiger charge is -2.33. The molecule has 0 bridgehead atoms. The molecule has 4 heteroatoms. The normalized spacial score (nSPS) is 17.8. The van der Waals surface area contributed by atoms with Crippen molar-refractivity contribution in [3.05, 3.63) is 0 Å². The molecule has 17 heavy (non-hydrogen) atoms. The fourth-order valence-corrected chi connectivity index (χ4v) is 2.76. The van der Waals surface area contributed by atoms with Gasteiger partial charge in [0.05, 0.1) is 5.33 Å². The molecular formula is C13H25BrN2O. The number of rotatable bonds is 6. The maximum absolute atomic E-state index is 11.5. The average Bonchev–Trinajstić information content (AvgIpc) is 2.36. The molecule has 1 aliphatic rings. The molecule has 1 rings (SSSR count). The van der Waals surface area contributed by atoms with Crippen LogP contribution >= 0.6 is 15.9 Å². The summed E-state index contributed by atoms with van der Waals surface area (Å²) in [5.74, 6) is 1.01. The minimum atomic E-state index is 0.239. The van der Waals surface area contributed by atoms with Crippen LogP contribution < -0.4 is 0 Å². The third kappa shape index (κ3) is 5.38. The van der Waals surface area contributed by atoms with E-state index in [0.29, 0.717) is 5.33 Å². The molecule has 0 aromatic rings. The lowest BCUT2D eigenvalue weighted by Crippen LogP contribution is -2.41. The Morgan fingerprint density at radius 2 is 2.06 bits per heavy atom. The topological polar surface area (TPSA) is 23.6 Å². The van der Waals surface area contributed by atoms with Gasteiger partial charge in [-0.3, -0.25) is 4.79 Å². The highest BCUT2D eigenvalue weighted by Crippen LogP contribution is 2.18. The van der Waals surface area contributed by atoms with E-state index in [1.807, 2.05) is 4.90 Å². The molecule has 0 radical (unpaired) electrons. The van der Waals surface area contributed by atoms with Crippen molar-refractivity contribution in [2.75, 3.05) is 38.6 Å². The molecule has 0 saturated carbocycles. The Labute approximate surface area is 114 Å². The summed E-state index contributed by atoms with van der Waals surface area (Å²) in [5.41, 5.74) is 0. The molecule has 1 saturated heterocycles. The second-order valence-corrected chi connectivity index (χ2v) is 5.63. The number of alkyl halides is 1. The van der Waals surface area contributed by atoms with Crippen molar-refractivity contribution in [2.24, 2.45) is 5.92 Å². The number of nitrogens with zero attached hydrogens (tertiary/aromatic N) is 2. The summed E-state index contributed by atoms with van der Waals surface area (Å²) in [5, 5.41) is 0.466. The molecule has 0 unspecified atom stereocenters. The van der Waals surface area contributed by atoms with Gasteiger partial charge in [0.1, 0.15) is 0 Å². The van der Waals surface area contributed by atoms with E-state index in [0.717, 1.165) is 31.8 Å². The van der Waals surface area contributed by atoms with E-state index in [9.17, 15) is 4.79 Å². The van der Waals surface area contributed by atoms with Gasteiger partial charge in [0.25, 0.3) is 0 Å². The van der Waals surface area contributed by atoms with Crippen LogP contribution in [0.3, 0.4) is 0 Å². The zero-order chi connectivity index (χ0) is 12.7. The van der Waals surface area contributed by atoms with Crippen molar-refractivity contribution in [3.8, 4) is 0 Å². The second-order valence-electron chi connectivity index (χ2n) is 5.07. The Hall–Kier alpha value is -0.0900. The zero-order valence-corrected chi connectivity index (χ0v) is 12.7. The average molecular weight is 305 g/mol. The summed E-state index contributed by atoms with van der Waals surface area (Å²) in [4.78, 5) is 15.9. The molecule has 0 spiro atoms. The third-order valence-corrected chi connectivity index (χ3v) is 4.02. The SMILES string of the molecule is CCCCN(C)CC1CCN(C(=O)CBr)CC1. The van der Waals surface area contributed by atoms with E-state index in [1.54, 1.807) is 0 Å². The van der Waals surface area contributed by atoms with E-state index < -0.39 is 0 Å². The van der Waals surface area contributed by atoms with E-state index in [1.165, 1.54) is 25.9 Å². The summed E-state index contributed by atoms with van der Waals surface area (Å²) < 4.78 is 0. The molecule has 0 aromatic heterocycles. The number of halogens is 1. The molecule has 1 amide bonds. The quantitative estimate of drug-likeness (QED) is 0.703. The minimum Gasteiger partial charge on any atom is -0.342 e. The molecule has 100 valence electrons. The van der Waals surface area contributed by atoms with E-state index >= 15 is 0 Å². The number of hydrogen-bond donors (Lipinski definition) is 0. The van der Waals surface area contributed by atoms with Gasteiger partial charge in [-0.05, 0) is 38.8 Å². The summed E-state index contributed by atoms with van der Waals surface area (Å²) in [7, 11) is 2.21. The molecular weight excluding hydrogens is 280 g/mol. The fourth-order valence-electron chi connectivity index (χ4n) is 2.41. The number of carbonyl (C=O) groups is 1. The molecule has 1 fully saturated rings. The zero-order valence-electron chi connectivity index (χ0n) is 11.1. The van der Waals surface area contributed by atoms with Gasteiger partial charge in [0.2, 0.25) is 5.91 Å². The molecule has 1 aliphatic heterocycles. The molecule has 0 aromatic carbocycles. The predicted molar refractivity (Wildman–Crippen MR) is 75.5 cm³/mol. The highest BCUT2D eigenvalue weighted by Gasteiger charge is 2.22. The van der Waals surface area contributed by atoms with Crippen LogP contribution in [0.15, 0.2) is 0 Å². The van der Waals surface area contributed by atoms with Crippen LogP contribution in [0, 0.1) is 5.92 Å². The predicted octanol–water partition coefficient (Wildman–Crippen LogP) is 2.35. The first kappa shape index (κ1) is 15.0. The first-order valence-corrected chi connectivity index (χ1v) is 7.81. The van der Waals surface area contributed by atoms with Crippen molar-refractivity contribution in [1.29, 1.82) is 0 Å². The molecule has 1 heterocycles. The third-order valence-electron chi connectivity index (χ3n) is 3.54. The number of unbranched alkanes of at least 4 members (excludes halogenated alkanes) is 1. The first-order chi connectivity index (χ1) is 8.17. The van der Waals surface area contributed by atoms with Gasteiger partial charge in [0, 0.05) is 19.6 Å². The van der Waals surface area contributed by atoms with Crippen molar-refractivity contribution in [1.82, 2.24) is 9.80 Å². The van der Waals surface area contributed by atoms with Crippen molar-refractivity contribution in [2.45, 2.75) is 32.6 Å². The highest BCUT2D eigenvalue weighted by atomic mass is 79.9. The Bertz CT molecular complexity index is 227. The van der Waals surface area contributed by atoms with Crippen molar-refractivity contribution >= 4 is 21.8 Å². The van der Waals surface area contributed by atoms with Crippen LogP contribution in [-0.2, 0) is 4.79 Å². The van der Waals surface area contributed by atoms with Gasteiger partial charge >= 0.3 is 0 Å². The Kier molecular flexibility index (Phi) is 7.12. The van der Waals surface area contributed by atoms with Crippen LogP contribution in [0.25, 0.3) is 0 Å². The first-order valence-electron chi connectivity index (χ1n) is 6.69. The van der Waals surface area contributed by atoms with Gasteiger partial charge in [-0.15, -0.1) is 0 Å². The highest BCUT2D eigenvalue weighted by molar-refractivity contribution is 9.09. The second kappa shape index (κ2) is 8.09. The largest absolute Gasteiger partial charge is 0.342 e. The fraction of sp³-hybridized carbons (Fsp3) is 0.923. The molecule has 0 aliphatic carbocycles. The van der Waals surface area contributed by atoms with E-state index in [2.05, 4.69) is 34.8 Å². The Balaban J connectivity index is 2.20. The maximum atomic E-state index is 11.5. The summed E-state index contributed by atoms with van der Waals surface area (Å²) in [6.45, 7) is 6.51. The van der Waals surface area contributed by atoms with Crippen LogP contribution in [-0.4, -0.2) is 54.3 Å². The van der Waals surface area contributed by atoms with E-state index in [-0.39, 0.29) is 5.91 Å². The lowest BCUT2D eigenvalue weighted by molar-refractivity contribution is -0.129. The van der Waals surface area contributed by atoms with E-state index in [4.69, 9.17) is 0 Å². The van der Waals surface area contributed by atoms with Crippen LogP contribution in [0.4, 0.5) is 0 Å². The molecule has 0 N–H and O–H groups in total. The van der Waals surface area contributed by atoms with Gasteiger partial charge in [-0.1, -0.05) is 29.3 Å². The molecule has 3 nitrogen and oxygen atoms in total. The standard InChI is InChI=1S/C13H25BrN2O/c1-3-4-7-15(2)11-12-5-8-16(9-6-12)13(17)10-14/h12H,3-11H2,1-2H3. The minimum absolute atomic E-state index is 0.239. The van der Waals surface area contributed by atoms with Crippen molar-refractivity contribution < 1.29 is 4.79 Å². The van der Waals surface area contributed by atoms with Crippen LogP contribution in [0.2, 0.25) is 0 Å².